The van der Waals surface area contributed by atoms with Crippen LogP contribution >= 0.6 is 0 Å². The molecule has 0 aliphatic carbocycles. The Bertz CT molecular complexity index is 709. The van der Waals surface area contributed by atoms with Crippen molar-refractivity contribution in [3.63, 3.8) is 0 Å². The van der Waals surface area contributed by atoms with Crippen LogP contribution in [0.15, 0.2) is 6.07 Å². The predicted octanol–water partition coefficient (Wildman–Crippen LogP) is 1.99. The number of hydrogen-bond donors (Lipinski definition) is 1. The summed E-state index contributed by atoms with van der Waals surface area (Å²) in [7, 11) is 1.41. The van der Waals surface area contributed by atoms with Crippen molar-refractivity contribution >= 4 is 17.7 Å². The monoisotopic (exact) mass is 352 g/mol. The smallest absolute Gasteiger partial charge is 0.308 e. The lowest BCUT2D eigenvalue weighted by molar-refractivity contribution is -0.141. The van der Waals surface area contributed by atoms with Gasteiger partial charge in [0.15, 0.2) is 13.4 Å². The molecule has 2 rings (SSSR count). The second-order valence-corrected chi connectivity index (χ2v) is 5.76. The Labute approximate surface area is 144 Å². The molecule has 0 saturated carbocycles. The van der Waals surface area contributed by atoms with Crippen LogP contribution in [0.3, 0.4) is 0 Å². The average molecular weight is 352 g/mol. The van der Waals surface area contributed by atoms with E-state index in [-0.39, 0.29) is 42.0 Å². The molecule has 136 valence electrons. The van der Waals surface area contributed by atoms with Gasteiger partial charge in [-0.05, 0) is 0 Å². The third-order valence-corrected chi connectivity index (χ3v) is 4.05. The fraction of sp³-hybridized carbons (Fsp3) is 0.471. The summed E-state index contributed by atoms with van der Waals surface area (Å²) in [5, 5.41) is 9.33. The van der Waals surface area contributed by atoms with Crippen LogP contribution in [-0.4, -0.2) is 43.3 Å². The molecule has 2 unspecified atom stereocenters. The highest BCUT2D eigenvalue weighted by Crippen LogP contribution is 2.47. The molecular weight excluding hydrogens is 332 g/mol. The number of rotatable bonds is 7. The number of carbonyl (C=O) groups is 3. The van der Waals surface area contributed by atoms with Gasteiger partial charge in [-0.15, -0.1) is 0 Å². The van der Waals surface area contributed by atoms with Gasteiger partial charge in [0.1, 0.15) is 22.8 Å². The molecule has 1 aliphatic rings. The highest BCUT2D eigenvalue weighted by Gasteiger charge is 2.35. The number of ether oxygens (including phenoxy) is 4. The van der Waals surface area contributed by atoms with Crippen LogP contribution in [-0.2, 0) is 14.3 Å². The Balaban J connectivity index is 2.69. The molecule has 0 fully saturated rings. The lowest BCUT2D eigenvalue weighted by atomic mass is 9.86. The zero-order valence-corrected chi connectivity index (χ0v) is 14.5. The maximum atomic E-state index is 12.2. The molecule has 0 saturated heterocycles. The molecular formula is C17H20O8. The van der Waals surface area contributed by atoms with E-state index in [9.17, 15) is 19.5 Å². The van der Waals surface area contributed by atoms with Gasteiger partial charge in [-0.2, -0.15) is 0 Å². The molecule has 8 heteroatoms. The number of carboxylic acid groups (broad SMARTS) is 1. The first kappa shape index (κ1) is 18.7. The number of methoxy groups -OCH3 is 1. The van der Waals surface area contributed by atoms with Gasteiger partial charge in [-0.25, -0.2) is 0 Å². The van der Waals surface area contributed by atoms with E-state index in [1.54, 1.807) is 6.92 Å². The van der Waals surface area contributed by atoms with Crippen LogP contribution in [0, 0.1) is 5.92 Å². The Morgan fingerprint density at radius 2 is 2.04 bits per heavy atom. The van der Waals surface area contributed by atoms with Gasteiger partial charge < -0.3 is 24.1 Å². The minimum atomic E-state index is -1.03. The van der Waals surface area contributed by atoms with E-state index in [2.05, 4.69) is 0 Å². The van der Waals surface area contributed by atoms with Crippen molar-refractivity contribution in [2.75, 3.05) is 20.5 Å². The SMILES string of the molecule is COCOc1c2c(cc(OC(C)=O)c1C(C)C(C)C(=O)O)OCC2=O. The molecule has 0 bridgehead atoms. The molecule has 1 aliphatic heterocycles. The van der Waals surface area contributed by atoms with Crippen LogP contribution in [0.25, 0.3) is 0 Å². The second kappa shape index (κ2) is 7.52. The molecule has 1 aromatic rings. The van der Waals surface area contributed by atoms with Crippen molar-refractivity contribution in [2.24, 2.45) is 5.92 Å². The van der Waals surface area contributed by atoms with Crippen molar-refractivity contribution < 1.29 is 38.4 Å². The molecule has 25 heavy (non-hydrogen) atoms. The van der Waals surface area contributed by atoms with Gasteiger partial charge in [0.05, 0.1) is 5.92 Å². The van der Waals surface area contributed by atoms with Gasteiger partial charge in [0.2, 0.25) is 5.78 Å². The number of ketones is 1. The minimum Gasteiger partial charge on any atom is -0.484 e. The predicted molar refractivity (Wildman–Crippen MR) is 85.3 cm³/mol. The summed E-state index contributed by atoms with van der Waals surface area (Å²) in [6, 6.07) is 1.42. The summed E-state index contributed by atoms with van der Waals surface area (Å²) in [4.78, 5) is 35.1. The minimum absolute atomic E-state index is 0.104. The van der Waals surface area contributed by atoms with E-state index in [1.165, 1.54) is 27.0 Å². The summed E-state index contributed by atoms with van der Waals surface area (Å²) in [5.74, 6) is -2.86. The first-order valence-electron chi connectivity index (χ1n) is 7.67. The van der Waals surface area contributed by atoms with Crippen LogP contribution < -0.4 is 14.2 Å². The molecule has 8 nitrogen and oxygen atoms in total. The van der Waals surface area contributed by atoms with Crippen LogP contribution in [0.1, 0.15) is 42.6 Å². The van der Waals surface area contributed by atoms with Crippen LogP contribution in [0.2, 0.25) is 0 Å². The Morgan fingerprint density at radius 3 is 2.60 bits per heavy atom. The number of Topliss-reactive ketones (excluding diaryl/α,β-unsaturated/α-hetero) is 1. The van der Waals surface area contributed by atoms with Gasteiger partial charge in [0, 0.05) is 31.6 Å². The number of esters is 1. The number of benzene rings is 1. The van der Waals surface area contributed by atoms with Crippen molar-refractivity contribution in [2.45, 2.75) is 26.7 Å². The third-order valence-electron chi connectivity index (χ3n) is 4.05. The highest BCUT2D eigenvalue weighted by atomic mass is 16.7. The summed E-state index contributed by atoms with van der Waals surface area (Å²) >= 11 is 0. The summed E-state index contributed by atoms with van der Waals surface area (Å²) < 4.78 is 21.0. The van der Waals surface area contributed by atoms with Gasteiger partial charge >= 0.3 is 11.9 Å². The first-order valence-corrected chi connectivity index (χ1v) is 7.67. The van der Waals surface area contributed by atoms with Crippen molar-refractivity contribution in [3.05, 3.63) is 17.2 Å². The quantitative estimate of drug-likeness (QED) is 0.451. The van der Waals surface area contributed by atoms with E-state index in [0.29, 0.717) is 5.56 Å². The second-order valence-electron chi connectivity index (χ2n) is 5.76. The summed E-state index contributed by atoms with van der Waals surface area (Å²) in [5.41, 5.74) is 0.521. The molecule has 2 atom stereocenters. The number of carbonyl (C=O) groups excluding carboxylic acids is 2. The standard InChI is InChI=1S/C17H20O8/c1-8(9(2)17(20)21)14-13(25-10(3)18)5-12-15(11(19)6-23-12)16(14)24-7-22-4/h5,8-9H,6-7H2,1-4H3,(H,20,21). The highest BCUT2D eigenvalue weighted by molar-refractivity contribution is 6.05. The third kappa shape index (κ3) is 3.74. The Hall–Kier alpha value is -2.61. The van der Waals surface area contributed by atoms with Gasteiger partial charge in [-0.1, -0.05) is 13.8 Å². The van der Waals surface area contributed by atoms with Crippen LogP contribution in [0.5, 0.6) is 17.2 Å². The molecule has 0 spiro atoms. The van der Waals surface area contributed by atoms with Crippen molar-refractivity contribution in [1.82, 2.24) is 0 Å². The van der Waals surface area contributed by atoms with E-state index in [4.69, 9.17) is 18.9 Å². The zero-order chi connectivity index (χ0) is 18.7. The molecule has 1 heterocycles. The fourth-order valence-corrected chi connectivity index (χ4v) is 2.62. The van der Waals surface area contributed by atoms with E-state index < -0.39 is 23.8 Å². The number of aliphatic carboxylic acids is 1. The molecule has 1 aromatic carbocycles. The van der Waals surface area contributed by atoms with E-state index in [1.807, 2.05) is 0 Å². The van der Waals surface area contributed by atoms with E-state index in [0.717, 1.165) is 0 Å². The Kier molecular flexibility index (Phi) is 5.63. The summed E-state index contributed by atoms with van der Waals surface area (Å²) in [6.45, 7) is 4.09. The van der Waals surface area contributed by atoms with Gasteiger partial charge in [-0.3, -0.25) is 14.4 Å². The molecule has 0 aromatic heterocycles. The maximum Gasteiger partial charge on any atom is 0.308 e. The number of fused-ring (bicyclic) bond motifs is 1. The molecule has 0 amide bonds. The van der Waals surface area contributed by atoms with Crippen molar-refractivity contribution in [3.8, 4) is 17.2 Å². The summed E-state index contributed by atoms with van der Waals surface area (Å²) in [6.07, 6.45) is 0. The lowest BCUT2D eigenvalue weighted by Gasteiger charge is -2.23. The fourth-order valence-electron chi connectivity index (χ4n) is 2.62. The average Bonchev–Trinajstić information content (AvgIpc) is 2.91. The maximum absolute atomic E-state index is 12.2. The molecule has 0 radical (unpaired) electrons. The number of carboxylic acids is 1. The Morgan fingerprint density at radius 1 is 1.36 bits per heavy atom. The van der Waals surface area contributed by atoms with E-state index >= 15 is 0 Å². The topological polar surface area (TPSA) is 108 Å². The first-order chi connectivity index (χ1) is 11.8. The largest absolute Gasteiger partial charge is 0.484 e. The van der Waals surface area contributed by atoms with Crippen LogP contribution in [0.4, 0.5) is 0 Å². The lowest BCUT2D eigenvalue weighted by Crippen LogP contribution is -2.20. The molecule has 1 N–H and O–H groups in total. The number of hydrogen-bond acceptors (Lipinski definition) is 7. The normalized spacial score (nSPS) is 15.1. The zero-order valence-electron chi connectivity index (χ0n) is 14.5. The van der Waals surface area contributed by atoms with Gasteiger partial charge in [0.25, 0.3) is 0 Å². The van der Waals surface area contributed by atoms with Crippen molar-refractivity contribution in [1.29, 1.82) is 0 Å².